The van der Waals surface area contributed by atoms with Crippen molar-refractivity contribution in [2.24, 2.45) is 0 Å². The van der Waals surface area contributed by atoms with Gasteiger partial charge in [0.25, 0.3) is 0 Å². The van der Waals surface area contributed by atoms with Crippen LogP contribution in [0.3, 0.4) is 0 Å². The van der Waals surface area contributed by atoms with Crippen LogP contribution in [-0.2, 0) is 22.6 Å². The Bertz CT molecular complexity index is 764. The Labute approximate surface area is 165 Å². The summed E-state index contributed by atoms with van der Waals surface area (Å²) in [6.45, 7) is 1.57. The van der Waals surface area contributed by atoms with Gasteiger partial charge >= 0.3 is 18.1 Å². The molecular weight excluding hydrogens is 393 g/mol. The number of amides is 2. The predicted octanol–water partition coefficient (Wildman–Crippen LogP) is 1.10. The van der Waals surface area contributed by atoms with Crippen molar-refractivity contribution in [3.8, 4) is 0 Å². The van der Waals surface area contributed by atoms with Crippen LogP contribution >= 0.6 is 0 Å². The zero-order valence-electron chi connectivity index (χ0n) is 15.9. The van der Waals surface area contributed by atoms with Gasteiger partial charge in [-0.15, -0.1) is 0 Å². The molecule has 2 heterocycles. The van der Waals surface area contributed by atoms with Crippen molar-refractivity contribution in [1.29, 1.82) is 0 Å². The number of aromatic carboxylic acids is 1. The summed E-state index contributed by atoms with van der Waals surface area (Å²) in [4.78, 5) is 39.8. The maximum absolute atomic E-state index is 13.1. The molecule has 1 aromatic rings. The first-order chi connectivity index (χ1) is 13.6. The molecule has 1 fully saturated rings. The van der Waals surface area contributed by atoms with Crippen LogP contribution in [0.15, 0.2) is 12.3 Å². The summed E-state index contributed by atoms with van der Waals surface area (Å²) < 4.78 is 39.2. The first-order valence-electron chi connectivity index (χ1n) is 9.19. The molecule has 0 aromatic carbocycles. The van der Waals surface area contributed by atoms with Gasteiger partial charge in [0.1, 0.15) is 6.54 Å². The van der Waals surface area contributed by atoms with Crippen molar-refractivity contribution in [2.75, 3.05) is 19.6 Å². The number of rotatable bonds is 7. The zero-order chi connectivity index (χ0) is 21.6. The van der Waals surface area contributed by atoms with Crippen molar-refractivity contribution in [1.82, 2.24) is 20.5 Å². The molecule has 0 radical (unpaired) electrons. The molecule has 2 rings (SSSR count). The van der Waals surface area contributed by atoms with E-state index in [9.17, 15) is 32.7 Å². The van der Waals surface area contributed by atoms with Gasteiger partial charge in [-0.3, -0.25) is 14.6 Å². The highest BCUT2D eigenvalue weighted by Crippen LogP contribution is 2.22. The topological polar surface area (TPSA) is 112 Å². The van der Waals surface area contributed by atoms with Gasteiger partial charge in [0.2, 0.25) is 5.91 Å². The number of carbonyl (C=O) groups excluding carboxylic acids is 2. The third-order valence-corrected chi connectivity index (χ3v) is 4.64. The minimum atomic E-state index is -5.17. The summed E-state index contributed by atoms with van der Waals surface area (Å²) in [6.07, 6.45) is -2.54. The predicted molar refractivity (Wildman–Crippen MR) is 96.1 cm³/mol. The second-order valence-corrected chi connectivity index (χ2v) is 6.69. The summed E-state index contributed by atoms with van der Waals surface area (Å²) >= 11 is 0. The first kappa shape index (κ1) is 22.6. The number of halogens is 3. The zero-order valence-corrected chi connectivity index (χ0v) is 15.9. The minimum absolute atomic E-state index is 0.0136. The van der Waals surface area contributed by atoms with Crippen LogP contribution in [0, 0.1) is 0 Å². The molecule has 160 valence electrons. The van der Waals surface area contributed by atoms with E-state index >= 15 is 0 Å². The number of hydrogen-bond acceptors (Lipinski definition) is 5. The fourth-order valence-electron chi connectivity index (χ4n) is 3.24. The number of nitrogens with one attached hydrogen (secondary N) is 2. The van der Waals surface area contributed by atoms with E-state index in [0.717, 1.165) is 6.20 Å². The highest BCUT2D eigenvalue weighted by molar-refractivity contribution is 5.90. The molecular formula is C18H23F3N4O4. The van der Waals surface area contributed by atoms with E-state index in [1.54, 1.807) is 6.92 Å². The molecule has 2 amide bonds. The molecule has 0 aliphatic carbocycles. The Morgan fingerprint density at radius 2 is 1.97 bits per heavy atom. The lowest BCUT2D eigenvalue weighted by atomic mass is 10.0. The second-order valence-electron chi connectivity index (χ2n) is 6.69. The molecule has 0 saturated carbocycles. The van der Waals surface area contributed by atoms with Crippen LogP contribution in [0.5, 0.6) is 0 Å². The summed E-state index contributed by atoms with van der Waals surface area (Å²) in [5.41, 5.74) is 0.134. The number of piperidine rings is 1. The third-order valence-electron chi connectivity index (χ3n) is 4.64. The molecule has 0 spiro atoms. The van der Waals surface area contributed by atoms with Gasteiger partial charge < -0.3 is 20.6 Å². The summed E-state index contributed by atoms with van der Waals surface area (Å²) in [6, 6.07) is 1.07. The number of carbonyl (C=O) groups is 3. The molecule has 0 unspecified atom stereocenters. The van der Waals surface area contributed by atoms with Gasteiger partial charge in [0.15, 0.2) is 0 Å². The maximum Gasteiger partial charge on any atom is 0.471 e. The number of carboxylic acid groups (broad SMARTS) is 1. The standard InChI is InChI=1S/C18H23F3N4O4/c1-2-12-13(16(27)28)5-8-23-14(12)9-25(17(29)18(19,20)21)10-15(26)24-11-3-6-22-7-4-11/h5,8,11,22H,2-4,6-7,9-10H2,1H3,(H,24,26)(H,27,28). The van der Waals surface area contributed by atoms with E-state index in [1.807, 2.05) is 0 Å². The molecule has 1 aliphatic rings. The van der Waals surface area contributed by atoms with Gasteiger partial charge in [0.05, 0.1) is 17.8 Å². The molecule has 1 aromatic heterocycles. The lowest BCUT2D eigenvalue weighted by Gasteiger charge is -2.27. The molecule has 0 atom stereocenters. The monoisotopic (exact) mass is 416 g/mol. The third kappa shape index (κ3) is 6.14. The largest absolute Gasteiger partial charge is 0.478 e. The van der Waals surface area contributed by atoms with E-state index in [4.69, 9.17) is 0 Å². The summed E-state index contributed by atoms with van der Waals surface area (Å²) in [5, 5.41) is 15.0. The van der Waals surface area contributed by atoms with E-state index in [0.29, 0.717) is 30.8 Å². The first-order valence-corrected chi connectivity index (χ1v) is 9.19. The van der Waals surface area contributed by atoms with Crippen LogP contribution in [0.25, 0.3) is 0 Å². The average molecular weight is 416 g/mol. The van der Waals surface area contributed by atoms with Gasteiger partial charge in [0, 0.05) is 12.2 Å². The van der Waals surface area contributed by atoms with Crippen molar-refractivity contribution in [2.45, 2.75) is 44.9 Å². The Hall–Kier alpha value is -2.69. The number of nitrogens with zero attached hydrogens (tertiary/aromatic N) is 2. The molecule has 1 aliphatic heterocycles. The van der Waals surface area contributed by atoms with Crippen LogP contribution in [0.1, 0.15) is 41.4 Å². The number of hydrogen-bond donors (Lipinski definition) is 3. The fourth-order valence-corrected chi connectivity index (χ4v) is 3.24. The highest BCUT2D eigenvalue weighted by Gasteiger charge is 2.43. The lowest BCUT2D eigenvalue weighted by molar-refractivity contribution is -0.186. The smallest absolute Gasteiger partial charge is 0.471 e. The van der Waals surface area contributed by atoms with E-state index < -0.39 is 37.0 Å². The normalized spacial score (nSPS) is 15.0. The molecule has 11 heteroatoms. The van der Waals surface area contributed by atoms with Gasteiger partial charge in [-0.1, -0.05) is 6.92 Å². The average Bonchev–Trinajstić information content (AvgIpc) is 2.66. The van der Waals surface area contributed by atoms with Crippen LogP contribution in [0.2, 0.25) is 0 Å². The maximum atomic E-state index is 13.1. The molecule has 0 bridgehead atoms. The highest BCUT2D eigenvalue weighted by atomic mass is 19.4. The summed E-state index contributed by atoms with van der Waals surface area (Å²) in [5.74, 6) is -4.13. The van der Waals surface area contributed by atoms with E-state index in [1.165, 1.54) is 6.07 Å². The van der Waals surface area contributed by atoms with Crippen LogP contribution in [-0.4, -0.2) is 64.6 Å². The van der Waals surface area contributed by atoms with Crippen molar-refractivity contribution in [3.05, 3.63) is 29.1 Å². The molecule has 3 N–H and O–H groups in total. The molecule has 29 heavy (non-hydrogen) atoms. The molecule has 8 nitrogen and oxygen atoms in total. The van der Waals surface area contributed by atoms with Crippen LogP contribution < -0.4 is 10.6 Å². The number of pyridine rings is 1. The Morgan fingerprint density at radius 3 is 2.52 bits per heavy atom. The van der Waals surface area contributed by atoms with Gasteiger partial charge in [-0.25, -0.2) is 4.79 Å². The quantitative estimate of drug-likeness (QED) is 0.614. The van der Waals surface area contributed by atoms with Gasteiger partial charge in [-0.05, 0) is 44.0 Å². The minimum Gasteiger partial charge on any atom is -0.478 e. The van der Waals surface area contributed by atoms with E-state index in [2.05, 4.69) is 15.6 Å². The second kappa shape index (κ2) is 9.68. The van der Waals surface area contributed by atoms with Crippen molar-refractivity contribution >= 4 is 17.8 Å². The fraction of sp³-hybridized carbons (Fsp3) is 0.556. The Balaban J connectivity index is 2.23. The Morgan fingerprint density at radius 1 is 1.31 bits per heavy atom. The van der Waals surface area contributed by atoms with E-state index in [-0.39, 0.29) is 29.3 Å². The Kier molecular flexibility index (Phi) is 7.54. The lowest BCUT2D eigenvalue weighted by Crippen LogP contribution is -2.49. The molecule has 1 saturated heterocycles. The number of alkyl halides is 3. The summed E-state index contributed by atoms with van der Waals surface area (Å²) in [7, 11) is 0. The van der Waals surface area contributed by atoms with Crippen molar-refractivity contribution in [3.63, 3.8) is 0 Å². The SMILES string of the molecule is CCc1c(C(=O)O)ccnc1CN(CC(=O)NC1CCNCC1)C(=O)C(F)(F)F. The van der Waals surface area contributed by atoms with Gasteiger partial charge in [-0.2, -0.15) is 13.2 Å². The van der Waals surface area contributed by atoms with Crippen molar-refractivity contribution < 1.29 is 32.7 Å². The number of carboxylic acids is 1. The van der Waals surface area contributed by atoms with Crippen LogP contribution in [0.4, 0.5) is 13.2 Å². The number of aromatic nitrogens is 1.